The fraction of sp³-hybridized carbons (Fsp3) is 0.571. The molecule has 0 radical (unpaired) electrons. The van der Waals surface area contributed by atoms with Gasteiger partial charge >= 0.3 is 0 Å². The number of rotatable bonds is 3. The highest BCUT2D eigenvalue weighted by molar-refractivity contribution is 5.37. The Balaban J connectivity index is 1.56. The van der Waals surface area contributed by atoms with Crippen molar-refractivity contribution < 1.29 is 9.84 Å². The van der Waals surface area contributed by atoms with Crippen LogP contribution >= 0.6 is 0 Å². The van der Waals surface area contributed by atoms with Crippen LogP contribution in [-0.2, 0) is 6.42 Å². The molecular formula is C14H19NO2. The first-order valence-electron chi connectivity index (χ1n) is 6.43. The van der Waals surface area contributed by atoms with Crippen LogP contribution in [0.2, 0.25) is 0 Å². The smallest absolute Gasteiger partial charge is 0.123 e. The lowest BCUT2D eigenvalue weighted by atomic mass is 10.1. The van der Waals surface area contributed by atoms with Gasteiger partial charge in [0, 0.05) is 26.1 Å². The number of nitrogens with zero attached hydrogens (tertiary/aromatic N) is 1. The molecule has 2 atom stereocenters. The van der Waals surface area contributed by atoms with Crippen LogP contribution < -0.4 is 4.74 Å². The number of aliphatic hydroxyl groups is 1. The number of hydrogen-bond donors (Lipinski definition) is 1. The normalized spacial score (nSPS) is 28.1. The van der Waals surface area contributed by atoms with Crippen molar-refractivity contribution in [2.75, 3.05) is 26.2 Å². The lowest BCUT2D eigenvalue weighted by Gasteiger charge is -2.20. The van der Waals surface area contributed by atoms with E-state index in [1.807, 2.05) is 6.07 Å². The summed E-state index contributed by atoms with van der Waals surface area (Å²) in [6, 6.07) is 8.30. The van der Waals surface area contributed by atoms with Gasteiger partial charge in [0.25, 0.3) is 0 Å². The molecule has 1 fully saturated rings. The van der Waals surface area contributed by atoms with Crippen LogP contribution in [0.3, 0.4) is 0 Å². The van der Waals surface area contributed by atoms with Gasteiger partial charge in [-0.2, -0.15) is 0 Å². The highest BCUT2D eigenvalue weighted by atomic mass is 16.5. The van der Waals surface area contributed by atoms with E-state index in [0.717, 1.165) is 38.2 Å². The second-order valence-electron chi connectivity index (χ2n) is 5.15. The maximum absolute atomic E-state index is 9.13. The van der Waals surface area contributed by atoms with Gasteiger partial charge in [0.15, 0.2) is 0 Å². The predicted octanol–water partition coefficient (Wildman–Crippen LogP) is 1.30. The molecule has 17 heavy (non-hydrogen) atoms. The molecule has 1 N–H and O–H groups in total. The second kappa shape index (κ2) is 4.67. The minimum atomic E-state index is 0.296. The number of aliphatic hydroxyl groups excluding tert-OH is 1. The summed E-state index contributed by atoms with van der Waals surface area (Å²) in [4.78, 5) is 2.41. The fourth-order valence-corrected chi connectivity index (χ4v) is 2.87. The first-order chi connectivity index (χ1) is 8.35. The minimum Gasteiger partial charge on any atom is -0.488 e. The quantitative estimate of drug-likeness (QED) is 0.854. The van der Waals surface area contributed by atoms with Gasteiger partial charge in [-0.1, -0.05) is 18.2 Å². The summed E-state index contributed by atoms with van der Waals surface area (Å²) in [6.45, 7) is 3.43. The molecule has 2 aliphatic rings. The summed E-state index contributed by atoms with van der Waals surface area (Å²) >= 11 is 0. The van der Waals surface area contributed by atoms with Crippen LogP contribution in [0.5, 0.6) is 5.75 Å². The molecule has 0 saturated carbocycles. The second-order valence-corrected chi connectivity index (χ2v) is 5.15. The monoisotopic (exact) mass is 233 g/mol. The Kier molecular flexibility index (Phi) is 3.04. The minimum absolute atomic E-state index is 0.296. The van der Waals surface area contributed by atoms with E-state index >= 15 is 0 Å². The van der Waals surface area contributed by atoms with E-state index in [0.29, 0.717) is 18.6 Å². The molecule has 1 aromatic carbocycles. The number of hydrogen-bond acceptors (Lipinski definition) is 3. The standard InChI is InChI=1S/C14H19NO2/c16-10-11-5-6-15(8-11)9-13-7-12-3-1-2-4-14(12)17-13/h1-4,11,13,16H,5-10H2. The van der Waals surface area contributed by atoms with Crippen molar-refractivity contribution in [2.24, 2.45) is 5.92 Å². The number of likely N-dealkylation sites (tertiary alicyclic amines) is 1. The zero-order valence-electron chi connectivity index (χ0n) is 10.0. The summed E-state index contributed by atoms with van der Waals surface area (Å²) in [7, 11) is 0. The lowest BCUT2D eigenvalue weighted by molar-refractivity contribution is 0.158. The molecule has 2 heterocycles. The van der Waals surface area contributed by atoms with Crippen molar-refractivity contribution >= 4 is 0 Å². The number of ether oxygens (including phenoxy) is 1. The van der Waals surface area contributed by atoms with Crippen molar-refractivity contribution in [3.8, 4) is 5.75 Å². The number of para-hydroxylation sites is 1. The van der Waals surface area contributed by atoms with E-state index in [4.69, 9.17) is 9.84 Å². The SMILES string of the molecule is OCC1CCN(CC2Cc3ccccc3O2)C1. The zero-order chi connectivity index (χ0) is 11.7. The van der Waals surface area contributed by atoms with Gasteiger partial charge in [-0.25, -0.2) is 0 Å². The highest BCUT2D eigenvalue weighted by Crippen LogP contribution is 2.29. The number of benzene rings is 1. The van der Waals surface area contributed by atoms with Gasteiger partial charge < -0.3 is 9.84 Å². The largest absolute Gasteiger partial charge is 0.488 e. The van der Waals surface area contributed by atoms with Crippen molar-refractivity contribution in [1.29, 1.82) is 0 Å². The molecule has 92 valence electrons. The summed E-state index contributed by atoms with van der Waals surface area (Å²) < 4.78 is 5.93. The van der Waals surface area contributed by atoms with Gasteiger partial charge in [-0.05, 0) is 30.5 Å². The van der Waals surface area contributed by atoms with Gasteiger partial charge in [0.05, 0.1) is 0 Å². The van der Waals surface area contributed by atoms with E-state index in [1.165, 1.54) is 5.56 Å². The summed E-state index contributed by atoms with van der Waals surface area (Å²) in [5, 5.41) is 9.13. The molecule has 2 unspecified atom stereocenters. The highest BCUT2D eigenvalue weighted by Gasteiger charge is 2.28. The molecular weight excluding hydrogens is 214 g/mol. The van der Waals surface area contributed by atoms with Crippen LogP contribution in [0.1, 0.15) is 12.0 Å². The maximum Gasteiger partial charge on any atom is 0.123 e. The first kappa shape index (κ1) is 11.1. The Morgan fingerprint density at radius 1 is 1.35 bits per heavy atom. The van der Waals surface area contributed by atoms with Gasteiger partial charge in [0.1, 0.15) is 11.9 Å². The summed E-state index contributed by atoms with van der Waals surface area (Å²) in [6.07, 6.45) is 2.44. The van der Waals surface area contributed by atoms with E-state index < -0.39 is 0 Å². The Morgan fingerprint density at radius 3 is 3.00 bits per heavy atom. The number of fused-ring (bicyclic) bond motifs is 1. The van der Waals surface area contributed by atoms with Crippen LogP contribution in [0.25, 0.3) is 0 Å². The lowest BCUT2D eigenvalue weighted by Crippen LogP contribution is -2.33. The summed E-state index contributed by atoms with van der Waals surface area (Å²) in [5.74, 6) is 1.52. The molecule has 3 heteroatoms. The van der Waals surface area contributed by atoms with Crippen molar-refractivity contribution in [2.45, 2.75) is 18.9 Å². The van der Waals surface area contributed by atoms with E-state index in [1.54, 1.807) is 0 Å². The van der Waals surface area contributed by atoms with E-state index in [2.05, 4.69) is 23.1 Å². The average molecular weight is 233 g/mol. The van der Waals surface area contributed by atoms with Gasteiger partial charge in [0.2, 0.25) is 0 Å². The predicted molar refractivity (Wildman–Crippen MR) is 66.2 cm³/mol. The van der Waals surface area contributed by atoms with Crippen LogP contribution in [0.15, 0.2) is 24.3 Å². The molecule has 0 spiro atoms. The molecule has 0 aromatic heterocycles. The van der Waals surface area contributed by atoms with Crippen molar-refractivity contribution in [3.63, 3.8) is 0 Å². The van der Waals surface area contributed by atoms with Gasteiger partial charge in [-0.3, -0.25) is 4.90 Å². The Morgan fingerprint density at radius 2 is 2.24 bits per heavy atom. The molecule has 3 nitrogen and oxygen atoms in total. The Labute approximate surface area is 102 Å². The molecule has 0 bridgehead atoms. The van der Waals surface area contributed by atoms with Crippen LogP contribution in [-0.4, -0.2) is 42.4 Å². The molecule has 1 saturated heterocycles. The molecule has 0 amide bonds. The summed E-state index contributed by atoms with van der Waals surface area (Å²) in [5.41, 5.74) is 1.33. The molecule has 1 aromatic rings. The molecule has 3 rings (SSSR count). The van der Waals surface area contributed by atoms with Crippen LogP contribution in [0.4, 0.5) is 0 Å². The topological polar surface area (TPSA) is 32.7 Å². The first-order valence-corrected chi connectivity index (χ1v) is 6.43. The van der Waals surface area contributed by atoms with Crippen LogP contribution in [0, 0.1) is 5.92 Å². The third-order valence-corrected chi connectivity index (χ3v) is 3.80. The third kappa shape index (κ3) is 2.31. The fourth-order valence-electron chi connectivity index (χ4n) is 2.87. The Bertz CT molecular complexity index is 369. The van der Waals surface area contributed by atoms with Crippen molar-refractivity contribution in [3.05, 3.63) is 29.8 Å². The third-order valence-electron chi connectivity index (χ3n) is 3.80. The van der Waals surface area contributed by atoms with Gasteiger partial charge in [-0.15, -0.1) is 0 Å². The Hall–Kier alpha value is -1.06. The van der Waals surface area contributed by atoms with Crippen molar-refractivity contribution in [1.82, 2.24) is 4.90 Å². The maximum atomic E-state index is 9.13. The molecule has 0 aliphatic carbocycles. The van der Waals surface area contributed by atoms with E-state index in [9.17, 15) is 0 Å². The average Bonchev–Trinajstić information content (AvgIpc) is 2.94. The van der Waals surface area contributed by atoms with E-state index in [-0.39, 0.29) is 0 Å². The zero-order valence-corrected chi connectivity index (χ0v) is 10.0. The molecule has 2 aliphatic heterocycles.